The van der Waals surface area contributed by atoms with Gasteiger partial charge in [-0.3, -0.25) is 0 Å². The van der Waals surface area contributed by atoms with E-state index in [2.05, 4.69) is 0 Å². The number of benzene rings is 1. The summed E-state index contributed by atoms with van der Waals surface area (Å²) in [5.41, 5.74) is 0. The zero-order valence-electron chi connectivity index (χ0n) is 7.13. The van der Waals surface area contributed by atoms with E-state index in [1.54, 1.807) is 18.2 Å². The van der Waals surface area contributed by atoms with E-state index in [1.807, 2.05) is 6.92 Å². The van der Waals surface area contributed by atoms with E-state index in [4.69, 9.17) is 4.74 Å². The molecule has 0 aliphatic carbocycles. The van der Waals surface area contributed by atoms with Crippen LogP contribution < -0.4 is 4.74 Å². The predicted molar refractivity (Wildman–Crippen MR) is 49.4 cm³/mol. The normalized spacial score (nSPS) is 9.92. The van der Waals surface area contributed by atoms with Crippen molar-refractivity contribution in [3.8, 4) is 5.75 Å². The highest BCUT2D eigenvalue weighted by Crippen LogP contribution is 2.27. The standard InChI is InChI=1S/C9H11FOS/c1-3-12-8-6-4-5-7(11-2)9(8)10/h4-6H,3H2,1-2H3. The fraction of sp³-hybridized carbons (Fsp3) is 0.333. The fourth-order valence-corrected chi connectivity index (χ4v) is 1.63. The van der Waals surface area contributed by atoms with Crippen molar-refractivity contribution in [2.24, 2.45) is 0 Å². The van der Waals surface area contributed by atoms with Crippen LogP contribution in [0.4, 0.5) is 4.39 Å². The number of hydrogen-bond donors (Lipinski definition) is 0. The molecule has 66 valence electrons. The zero-order valence-corrected chi connectivity index (χ0v) is 7.95. The molecule has 1 nitrogen and oxygen atoms in total. The fourth-order valence-electron chi connectivity index (χ4n) is 0.915. The molecule has 1 rings (SSSR count). The van der Waals surface area contributed by atoms with Gasteiger partial charge in [0.2, 0.25) is 0 Å². The molecule has 0 fully saturated rings. The second-order valence-electron chi connectivity index (χ2n) is 2.21. The average molecular weight is 186 g/mol. The van der Waals surface area contributed by atoms with Gasteiger partial charge in [-0.05, 0) is 17.9 Å². The van der Waals surface area contributed by atoms with E-state index >= 15 is 0 Å². The molecular formula is C9H11FOS. The molecule has 0 N–H and O–H groups in total. The topological polar surface area (TPSA) is 9.23 Å². The number of halogens is 1. The first-order valence-corrected chi connectivity index (χ1v) is 4.73. The summed E-state index contributed by atoms with van der Waals surface area (Å²) in [6.07, 6.45) is 0. The molecule has 0 heterocycles. The van der Waals surface area contributed by atoms with E-state index in [9.17, 15) is 4.39 Å². The molecule has 0 spiro atoms. The molecule has 0 saturated carbocycles. The summed E-state index contributed by atoms with van der Waals surface area (Å²) in [5, 5.41) is 0. The lowest BCUT2D eigenvalue weighted by Gasteiger charge is -2.04. The third-order valence-corrected chi connectivity index (χ3v) is 2.36. The van der Waals surface area contributed by atoms with Crippen molar-refractivity contribution in [1.29, 1.82) is 0 Å². The van der Waals surface area contributed by atoms with Gasteiger partial charge in [0.15, 0.2) is 11.6 Å². The summed E-state index contributed by atoms with van der Waals surface area (Å²) >= 11 is 1.48. The molecule has 0 atom stereocenters. The first kappa shape index (κ1) is 9.39. The monoisotopic (exact) mass is 186 g/mol. The van der Waals surface area contributed by atoms with E-state index < -0.39 is 0 Å². The van der Waals surface area contributed by atoms with Gasteiger partial charge in [0.25, 0.3) is 0 Å². The van der Waals surface area contributed by atoms with Crippen molar-refractivity contribution >= 4 is 11.8 Å². The summed E-state index contributed by atoms with van der Waals surface area (Å²) < 4.78 is 18.2. The lowest BCUT2D eigenvalue weighted by Crippen LogP contribution is -1.89. The Balaban J connectivity index is 2.97. The van der Waals surface area contributed by atoms with Crippen LogP contribution in [-0.2, 0) is 0 Å². The Bertz CT molecular complexity index is 263. The Morgan fingerprint density at radius 2 is 2.25 bits per heavy atom. The Labute approximate surface area is 75.9 Å². The second-order valence-corrected chi connectivity index (χ2v) is 3.51. The van der Waals surface area contributed by atoms with Crippen molar-refractivity contribution in [3.63, 3.8) is 0 Å². The van der Waals surface area contributed by atoms with Gasteiger partial charge < -0.3 is 4.74 Å². The number of methoxy groups -OCH3 is 1. The van der Waals surface area contributed by atoms with Crippen LogP contribution in [0, 0.1) is 5.82 Å². The van der Waals surface area contributed by atoms with E-state index in [-0.39, 0.29) is 5.82 Å². The SMILES string of the molecule is CCSc1cccc(OC)c1F. The molecule has 0 aliphatic heterocycles. The number of hydrogen-bond acceptors (Lipinski definition) is 2. The van der Waals surface area contributed by atoms with Gasteiger partial charge in [-0.25, -0.2) is 4.39 Å². The molecule has 1 aromatic carbocycles. The molecule has 0 aromatic heterocycles. The maximum Gasteiger partial charge on any atom is 0.178 e. The van der Waals surface area contributed by atoms with Gasteiger partial charge in [0.05, 0.1) is 7.11 Å². The van der Waals surface area contributed by atoms with Crippen molar-refractivity contribution in [2.75, 3.05) is 12.9 Å². The van der Waals surface area contributed by atoms with Crippen LogP contribution in [0.3, 0.4) is 0 Å². The molecule has 1 aromatic rings. The molecule has 0 bridgehead atoms. The van der Waals surface area contributed by atoms with Gasteiger partial charge >= 0.3 is 0 Å². The molecular weight excluding hydrogens is 175 g/mol. The third-order valence-electron chi connectivity index (χ3n) is 1.45. The number of rotatable bonds is 3. The molecule has 12 heavy (non-hydrogen) atoms. The second kappa shape index (κ2) is 4.36. The first-order chi connectivity index (χ1) is 5.79. The quantitative estimate of drug-likeness (QED) is 0.671. The first-order valence-electron chi connectivity index (χ1n) is 3.75. The van der Waals surface area contributed by atoms with Crippen LogP contribution in [-0.4, -0.2) is 12.9 Å². The van der Waals surface area contributed by atoms with Crippen LogP contribution in [0.2, 0.25) is 0 Å². The minimum Gasteiger partial charge on any atom is -0.494 e. The van der Waals surface area contributed by atoms with Crippen LogP contribution in [0.25, 0.3) is 0 Å². The average Bonchev–Trinajstić information content (AvgIpc) is 2.09. The lowest BCUT2D eigenvalue weighted by atomic mass is 10.3. The Hall–Kier alpha value is -0.700. The molecule has 3 heteroatoms. The highest BCUT2D eigenvalue weighted by atomic mass is 32.2. The smallest absolute Gasteiger partial charge is 0.178 e. The van der Waals surface area contributed by atoms with Crippen LogP contribution in [0.1, 0.15) is 6.92 Å². The predicted octanol–water partition coefficient (Wildman–Crippen LogP) is 2.95. The Kier molecular flexibility index (Phi) is 3.41. The van der Waals surface area contributed by atoms with Gasteiger partial charge in [0.1, 0.15) is 0 Å². The minimum absolute atomic E-state index is 0.258. The van der Waals surface area contributed by atoms with E-state index in [1.165, 1.54) is 18.9 Å². The summed E-state index contributed by atoms with van der Waals surface area (Å²) in [4.78, 5) is 0.650. The molecule has 0 aliphatic rings. The summed E-state index contributed by atoms with van der Waals surface area (Å²) in [5.74, 6) is 0.921. The number of thioether (sulfide) groups is 1. The van der Waals surface area contributed by atoms with Crippen LogP contribution >= 0.6 is 11.8 Å². The zero-order chi connectivity index (χ0) is 8.97. The maximum atomic E-state index is 13.3. The van der Waals surface area contributed by atoms with Gasteiger partial charge in [0, 0.05) is 4.90 Å². The van der Waals surface area contributed by atoms with E-state index in [0.717, 1.165) is 5.75 Å². The Morgan fingerprint density at radius 1 is 1.50 bits per heavy atom. The summed E-state index contributed by atoms with van der Waals surface area (Å²) in [7, 11) is 1.47. The van der Waals surface area contributed by atoms with Gasteiger partial charge in [-0.1, -0.05) is 13.0 Å². The third kappa shape index (κ3) is 1.91. The summed E-state index contributed by atoms with van der Waals surface area (Å²) in [6.45, 7) is 1.99. The largest absolute Gasteiger partial charge is 0.494 e. The highest BCUT2D eigenvalue weighted by Gasteiger charge is 2.06. The van der Waals surface area contributed by atoms with Crippen LogP contribution in [0.15, 0.2) is 23.1 Å². The van der Waals surface area contributed by atoms with Crippen molar-refractivity contribution in [2.45, 2.75) is 11.8 Å². The molecule has 0 amide bonds. The van der Waals surface area contributed by atoms with Crippen LogP contribution in [0.5, 0.6) is 5.75 Å². The van der Waals surface area contributed by atoms with Crippen molar-refractivity contribution in [3.05, 3.63) is 24.0 Å². The lowest BCUT2D eigenvalue weighted by molar-refractivity contribution is 0.381. The molecule has 0 saturated heterocycles. The van der Waals surface area contributed by atoms with Gasteiger partial charge in [-0.2, -0.15) is 0 Å². The summed E-state index contributed by atoms with van der Waals surface area (Å²) in [6, 6.07) is 5.17. The Morgan fingerprint density at radius 3 is 2.83 bits per heavy atom. The molecule has 0 unspecified atom stereocenters. The van der Waals surface area contributed by atoms with Crippen molar-refractivity contribution in [1.82, 2.24) is 0 Å². The number of ether oxygens (including phenoxy) is 1. The minimum atomic E-state index is -0.258. The molecule has 0 radical (unpaired) electrons. The highest BCUT2D eigenvalue weighted by molar-refractivity contribution is 7.99. The maximum absolute atomic E-state index is 13.3. The van der Waals surface area contributed by atoms with Crippen molar-refractivity contribution < 1.29 is 9.13 Å². The van der Waals surface area contributed by atoms with Gasteiger partial charge in [-0.15, -0.1) is 11.8 Å². The van der Waals surface area contributed by atoms with E-state index in [0.29, 0.717) is 10.6 Å².